The molecule has 0 radical (unpaired) electrons. The lowest BCUT2D eigenvalue weighted by atomic mass is 10.1. The number of amides is 1. The quantitative estimate of drug-likeness (QED) is 0.880. The lowest BCUT2D eigenvalue weighted by molar-refractivity contribution is 0.1000. The molecule has 0 fully saturated rings. The maximum atomic E-state index is 13.3. The van der Waals surface area contributed by atoms with Crippen molar-refractivity contribution in [2.45, 2.75) is 6.54 Å². The van der Waals surface area contributed by atoms with E-state index < -0.39 is 11.7 Å². The minimum absolute atomic E-state index is 0.181. The summed E-state index contributed by atoms with van der Waals surface area (Å²) in [6, 6.07) is 11.6. The van der Waals surface area contributed by atoms with Crippen LogP contribution in [0.2, 0.25) is 0 Å². The number of hydrogen-bond donors (Lipinski definition) is 2. The van der Waals surface area contributed by atoms with E-state index in [1.807, 2.05) is 6.07 Å². The smallest absolute Gasteiger partial charge is 0.248 e. The van der Waals surface area contributed by atoms with Gasteiger partial charge in [-0.1, -0.05) is 12.1 Å². The molecule has 0 aliphatic carbocycles. The zero-order valence-corrected chi connectivity index (χ0v) is 11.0. The van der Waals surface area contributed by atoms with E-state index in [0.29, 0.717) is 12.1 Å². The molecule has 0 heterocycles. The van der Waals surface area contributed by atoms with Gasteiger partial charge in [0.2, 0.25) is 5.91 Å². The van der Waals surface area contributed by atoms with Gasteiger partial charge in [0.25, 0.3) is 0 Å². The first-order valence-electron chi connectivity index (χ1n) is 6.06. The summed E-state index contributed by atoms with van der Waals surface area (Å²) in [5, 5.41) is 3.13. The normalized spacial score (nSPS) is 10.1. The molecule has 3 N–H and O–H groups in total. The molecular formula is C15H15FN2O2. The van der Waals surface area contributed by atoms with Crippen molar-refractivity contribution >= 4 is 11.6 Å². The van der Waals surface area contributed by atoms with E-state index in [1.54, 1.807) is 30.3 Å². The fourth-order valence-corrected chi connectivity index (χ4v) is 1.81. The highest BCUT2D eigenvalue weighted by atomic mass is 19.1. The Kier molecular flexibility index (Phi) is 4.20. The molecule has 2 aromatic rings. The highest BCUT2D eigenvalue weighted by Gasteiger charge is 2.04. The molecule has 4 nitrogen and oxygen atoms in total. The monoisotopic (exact) mass is 274 g/mol. The fourth-order valence-electron chi connectivity index (χ4n) is 1.81. The van der Waals surface area contributed by atoms with Gasteiger partial charge in [0.15, 0.2) is 11.6 Å². The minimum Gasteiger partial charge on any atom is -0.494 e. The maximum absolute atomic E-state index is 13.3. The molecule has 1 amide bonds. The van der Waals surface area contributed by atoms with Gasteiger partial charge in [-0.25, -0.2) is 4.39 Å². The molecule has 0 saturated carbocycles. The minimum atomic E-state index is -0.463. The first kappa shape index (κ1) is 13.9. The number of benzene rings is 2. The summed E-state index contributed by atoms with van der Waals surface area (Å²) in [6.07, 6.45) is 0. The number of hydrogen-bond acceptors (Lipinski definition) is 3. The zero-order chi connectivity index (χ0) is 14.5. The number of carbonyl (C=O) groups excluding carboxylic acids is 1. The van der Waals surface area contributed by atoms with Gasteiger partial charge in [-0.3, -0.25) is 4.79 Å². The first-order valence-corrected chi connectivity index (χ1v) is 6.06. The summed E-state index contributed by atoms with van der Waals surface area (Å²) in [5.41, 5.74) is 7.32. The van der Waals surface area contributed by atoms with Crippen molar-refractivity contribution in [1.29, 1.82) is 0 Å². The Hall–Kier alpha value is -2.56. The Bertz CT molecular complexity index is 629. The van der Waals surface area contributed by atoms with E-state index in [4.69, 9.17) is 10.5 Å². The molecule has 0 bridgehead atoms. The number of primary amides is 1. The molecule has 20 heavy (non-hydrogen) atoms. The second kappa shape index (κ2) is 6.06. The third-order valence-electron chi connectivity index (χ3n) is 2.86. The third kappa shape index (κ3) is 3.26. The van der Waals surface area contributed by atoms with Crippen molar-refractivity contribution in [3.05, 3.63) is 59.4 Å². The zero-order valence-electron chi connectivity index (χ0n) is 11.0. The van der Waals surface area contributed by atoms with Gasteiger partial charge in [-0.05, 0) is 29.8 Å². The number of methoxy groups -OCH3 is 1. The van der Waals surface area contributed by atoms with Crippen molar-refractivity contribution < 1.29 is 13.9 Å². The van der Waals surface area contributed by atoms with Crippen molar-refractivity contribution in [1.82, 2.24) is 0 Å². The van der Waals surface area contributed by atoms with E-state index in [-0.39, 0.29) is 5.75 Å². The van der Waals surface area contributed by atoms with Gasteiger partial charge in [0.1, 0.15) is 0 Å². The fraction of sp³-hybridized carbons (Fsp3) is 0.133. The average molecular weight is 274 g/mol. The van der Waals surface area contributed by atoms with Crippen LogP contribution < -0.4 is 15.8 Å². The van der Waals surface area contributed by atoms with Crippen LogP contribution in [-0.2, 0) is 6.54 Å². The predicted octanol–water partition coefficient (Wildman–Crippen LogP) is 2.55. The second-order valence-corrected chi connectivity index (χ2v) is 4.27. The van der Waals surface area contributed by atoms with Gasteiger partial charge < -0.3 is 15.8 Å². The van der Waals surface area contributed by atoms with Crippen LogP contribution in [0.4, 0.5) is 10.1 Å². The highest BCUT2D eigenvalue weighted by Crippen LogP contribution is 2.21. The Morgan fingerprint density at radius 2 is 2.10 bits per heavy atom. The van der Waals surface area contributed by atoms with Crippen LogP contribution in [0.3, 0.4) is 0 Å². The van der Waals surface area contributed by atoms with Crippen LogP contribution >= 0.6 is 0 Å². The van der Waals surface area contributed by atoms with Gasteiger partial charge in [0, 0.05) is 23.9 Å². The van der Waals surface area contributed by atoms with Crippen LogP contribution in [0.15, 0.2) is 42.5 Å². The van der Waals surface area contributed by atoms with Crippen LogP contribution in [0, 0.1) is 5.82 Å². The van der Waals surface area contributed by atoms with Crippen LogP contribution in [0.1, 0.15) is 15.9 Å². The summed E-state index contributed by atoms with van der Waals surface area (Å²) < 4.78 is 18.2. The number of ether oxygens (including phenoxy) is 1. The first-order chi connectivity index (χ1) is 9.60. The largest absolute Gasteiger partial charge is 0.494 e. The van der Waals surface area contributed by atoms with Gasteiger partial charge >= 0.3 is 0 Å². The predicted molar refractivity (Wildman–Crippen MR) is 75.2 cm³/mol. The third-order valence-corrected chi connectivity index (χ3v) is 2.86. The van der Waals surface area contributed by atoms with Gasteiger partial charge in [0.05, 0.1) is 7.11 Å². The Balaban J connectivity index is 2.08. The van der Waals surface area contributed by atoms with Crippen LogP contribution in [-0.4, -0.2) is 13.0 Å². The van der Waals surface area contributed by atoms with E-state index >= 15 is 0 Å². The summed E-state index contributed by atoms with van der Waals surface area (Å²) in [5.74, 6) is -0.690. The van der Waals surface area contributed by atoms with Crippen molar-refractivity contribution in [2.24, 2.45) is 5.73 Å². The second-order valence-electron chi connectivity index (χ2n) is 4.27. The molecule has 0 spiro atoms. The van der Waals surface area contributed by atoms with Crippen LogP contribution in [0.25, 0.3) is 0 Å². The highest BCUT2D eigenvalue weighted by molar-refractivity contribution is 5.92. The molecule has 0 aliphatic rings. The Morgan fingerprint density at radius 3 is 2.80 bits per heavy atom. The number of carbonyl (C=O) groups is 1. The van der Waals surface area contributed by atoms with Crippen molar-refractivity contribution in [2.75, 3.05) is 12.4 Å². The Labute approximate surface area is 116 Å². The Morgan fingerprint density at radius 1 is 1.30 bits per heavy atom. The molecule has 2 aromatic carbocycles. The number of anilines is 1. The molecule has 0 aliphatic heterocycles. The average Bonchev–Trinajstić information content (AvgIpc) is 2.46. The lowest BCUT2D eigenvalue weighted by Gasteiger charge is -2.09. The molecule has 0 unspecified atom stereocenters. The van der Waals surface area contributed by atoms with Crippen molar-refractivity contribution in [3.63, 3.8) is 0 Å². The standard InChI is InChI=1S/C15H15FN2O2/c1-20-14-8-12(5-6-13(14)16)18-9-10-3-2-4-11(7-10)15(17)19/h2-8,18H,9H2,1H3,(H2,17,19). The molecule has 2 rings (SSSR count). The SMILES string of the molecule is COc1cc(NCc2cccc(C(N)=O)c2)ccc1F. The lowest BCUT2D eigenvalue weighted by Crippen LogP contribution is -2.11. The van der Waals surface area contributed by atoms with E-state index in [1.165, 1.54) is 13.2 Å². The topological polar surface area (TPSA) is 64.3 Å². The summed E-state index contributed by atoms with van der Waals surface area (Å²) in [4.78, 5) is 11.1. The van der Waals surface area contributed by atoms with Crippen LogP contribution in [0.5, 0.6) is 5.75 Å². The molecule has 0 saturated heterocycles. The molecule has 5 heteroatoms. The van der Waals surface area contributed by atoms with E-state index in [2.05, 4.69) is 5.32 Å². The number of nitrogens with two attached hydrogens (primary N) is 1. The molecule has 0 atom stereocenters. The van der Waals surface area contributed by atoms with Crippen molar-refractivity contribution in [3.8, 4) is 5.75 Å². The number of halogens is 1. The number of nitrogens with one attached hydrogen (secondary N) is 1. The van der Waals surface area contributed by atoms with Gasteiger partial charge in [-0.15, -0.1) is 0 Å². The number of rotatable bonds is 5. The van der Waals surface area contributed by atoms with Gasteiger partial charge in [-0.2, -0.15) is 0 Å². The molecule has 0 aromatic heterocycles. The van der Waals surface area contributed by atoms with E-state index in [0.717, 1.165) is 11.3 Å². The summed E-state index contributed by atoms with van der Waals surface area (Å²) in [6.45, 7) is 0.496. The maximum Gasteiger partial charge on any atom is 0.248 e. The summed E-state index contributed by atoms with van der Waals surface area (Å²) >= 11 is 0. The van der Waals surface area contributed by atoms with E-state index in [9.17, 15) is 9.18 Å². The molecule has 104 valence electrons. The summed E-state index contributed by atoms with van der Waals surface area (Å²) in [7, 11) is 1.42. The molecular weight excluding hydrogens is 259 g/mol.